The van der Waals surface area contributed by atoms with Gasteiger partial charge in [0.2, 0.25) is 0 Å². The van der Waals surface area contributed by atoms with Crippen LogP contribution in [0.25, 0.3) is 5.69 Å². The maximum atomic E-state index is 4.48. The number of hydrogen-bond acceptors (Lipinski definition) is 3. The van der Waals surface area contributed by atoms with E-state index in [1.165, 1.54) is 18.4 Å². The molecule has 4 nitrogen and oxygen atoms in total. The van der Waals surface area contributed by atoms with Crippen LogP contribution in [0.5, 0.6) is 0 Å². The van der Waals surface area contributed by atoms with Crippen LogP contribution in [0.2, 0.25) is 0 Å². The zero-order valence-corrected chi connectivity index (χ0v) is 12.7. The van der Waals surface area contributed by atoms with Gasteiger partial charge in [0.05, 0.1) is 5.69 Å². The molecule has 1 aromatic carbocycles. The summed E-state index contributed by atoms with van der Waals surface area (Å²) < 4.78 is 2.98. The van der Waals surface area contributed by atoms with E-state index in [1.807, 2.05) is 18.5 Å². The number of hydrogen-bond donors (Lipinski definition) is 1. The molecule has 0 atom stereocenters. The molecule has 0 unspecified atom stereocenters. The van der Waals surface area contributed by atoms with Crippen molar-refractivity contribution in [2.75, 3.05) is 0 Å². The smallest absolute Gasteiger partial charge is 0.148 e. The Bertz CT molecular complexity index is 601. The SMILES string of the molecule is Cc1nc(C)n(-c2cc(Br)ccc2CNC2CC2)n1. The Hall–Kier alpha value is -1.20. The second-order valence-corrected chi connectivity index (χ2v) is 5.96. The fourth-order valence-electron chi connectivity index (χ4n) is 2.17. The Morgan fingerprint density at radius 3 is 2.79 bits per heavy atom. The van der Waals surface area contributed by atoms with E-state index in [-0.39, 0.29) is 0 Å². The maximum Gasteiger partial charge on any atom is 0.148 e. The first-order valence-electron chi connectivity index (χ1n) is 6.56. The zero-order valence-electron chi connectivity index (χ0n) is 11.2. The lowest BCUT2D eigenvalue weighted by Crippen LogP contribution is -2.17. The Labute approximate surface area is 121 Å². The van der Waals surface area contributed by atoms with Crippen LogP contribution in [0.1, 0.15) is 30.1 Å². The molecule has 1 aromatic heterocycles. The van der Waals surface area contributed by atoms with E-state index in [9.17, 15) is 0 Å². The number of halogens is 1. The Morgan fingerprint density at radius 2 is 2.16 bits per heavy atom. The minimum atomic E-state index is 0.704. The van der Waals surface area contributed by atoms with E-state index in [4.69, 9.17) is 0 Å². The summed E-state index contributed by atoms with van der Waals surface area (Å²) in [6.07, 6.45) is 2.60. The van der Waals surface area contributed by atoms with Gasteiger partial charge in [-0.05, 0) is 44.4 Å². The van der Waals surface area contributed by atoms with Gasteiger partial charge in [-0.25, -0.2) is 9.67 Å². The lowest BCUT2D eigenvalue weighted by atomic mass is 10.1. The predicted octanol–water partition coefficient (Wildman–Crippen LogP) is 2.90. The van der Waals surface area contributed by atoms with Crippen molar-refractivity contribution in [2.45, 2.75) is 39.3 Å². The van der Waals surface area contributed by atoms with Crippen molar-refractivity contribution >= 4 is 15.9 Å². The molecule has 1 fully saturated rings. The van der Waals surface area contributed by atoms with E-state index >= 15 is 0 Å². The van der Waals surface area contributed by atoms with Gasteiger partial charge in [-0.2, -0.15) is 5.10 Å². The lowest BCUT2D eigenvalue weighted by Gasteiger charge is -2.12. The Balaban J connectivity index is 1.97. The molecule has 19 heavy (non-hydrogen) atoms. The summed E-state index contributed by atoms with van der Waals surface area (Å²) in [5, 5.41) is 8.03. The second-order valence-electron chi connectivity index (χ2n) is 5.05. The summed E-state index contributed by atoms with van der Waals surface area (Å²) in [5.74, 6) is 1.72. The lowest BCUT2D eigenvalue weighted by molar-refractivity contribution is 0.679. The average Bonchev–Trinajstić information content (AvgIpc) is 3.13. The highest BCUT2D eigenvalue weighted by Gasteiger charge is 2.21. The summed E-state index contributed by atoms with van der Waals surface area (Å²) in [6.45, 7) is 4.79. The van der Waals surface area contributed by atoms with Gasteiger partial charge < -0.3 is 5.32 Å². The molecular weight excluding hydrogens is 304 g/mol. The fraction of sp³-hybridized carbons (Fsp3) is 0.429. The fourth-order valence-corrected chi connectivity index (χ4v) is 2.52. The molecule has 1 N–H and O–H groups in total. The van der Waals surface area contributed by atoms with Gasteiger partial charge in [0.25, 0.3) is 0 Å². The van der Waals surface area contributed by atoms with E-state index < -0.39 is 0 Å². The number of nitrogens with zero attached hydrogens (tertiary/aromatic N) is 3. The average molecular weight is 321 g/mol. The van der Waals surface area contributed by atoms with E-state index in [2.05, 4.69) is 49.5 Å². The van der Waals surface area contributed by atoms with Crippen molar-refractivity contribution in [2.24, 2.45) is 0 Å². The minimum absolute atomic E-state index is 0.704. The third-order valence-corrected chi connectivity index (χ3v) is 3.80. The normalized spacial score (nSPS) is 14.9. The zero-order chi connectivity index (χ0) is 13.4. The molecular formula is C14H17BrN4. The van der Waals surface area contributed by atoms with Crippen LogP contribution >= 0.6 is 15.9 Å². The van der Waals surface area contributed by atoms with Crippen molar-refractivity contribution in [3.63, 3.8) is 0 Å². The highest BCUT2D eigenvalue weighted by Crippen LogP contribution is 2.23. The molecule has 1 aliphatic rings. The molecule has 1 aliphatic carbocycles. The maximum absolute atomic E-state index is 4.48. The standard InChI is InChI=1S/C14H17BrN4/c1-9-17-10(2)19(18-9)14-7-12(15)4-3-11(14)8-16-13-5-6-13/h3-4,7,13,16H,5-6,8H2,1-2H3. The van der Waals surface area contributed by atoms with Crippen molar-refractivity contribution in [1.82, 2.24) is 20.1 Å². The first-order chi connectivity index (χ1) is 9.13. The summed E-state index contributed by atoms with van der Waals surface area (Å²) >= 11 is 3.54. The van der Waals surface area contributed by atoms with Crippen LogP contribution in [0.3, 0.4) is 0 Å². The van der Waals surface area contributed by atoms with Gasteiger partial charge in [-0.15, -0.1) is 0 Å². The first kappa shape index (κ1) is 12.8. The highest BCUT2D eigenvalue weighted by molar-refractivity contribution is 9.10. The Morgan fingerprint density at radius 1 is 1.37 bits per heavy atom. The second kappa shape index (κ2) is 5.06. The summed E-state index contributed by atoms with van der Waals surface area (Å²) in [4.78, 5) is 4.38. The molecule has 1 heterocycles. The predicted molar refractivity (Wildman–Crippen MR) is 78.4 cm³/mol. The number of benzene rings is 1. The molecule has 0 spiro atoms. The van der Waals surface area contributed by atoms with Gasteiger partial charge in [-0.3, -0.25) is 0 Å². The molecule has 3 rings (SSSR count). The third-order valence-electron chi connectivity index (χ3n) is 3.31. The van der Waals surface area contributed by atoms with Crippen LogP contribution in [0, 0.1) is 13.8 Å². The van der Waals surface area contributed by atoms with Crippen LogP contribution < -0.4 is 5.32 Å². The quantitative estimate of drug-likeness (QED) is 0.941. The molecule has 2 aromatic rings. The largest absolute Gasteiger partial charge is 0.310 e. The van der Waals surface area contributed by atoms with E-state index in [0.29, 0.717) is 6.04 Å². The number of aromatic nitrogens is 3. The van der Waals surface area contributed by atoms with Gasteiger partial charge >= 0.3 is 0 Å². The third kappa shape index (κ3) is 2.87. The Kier molecular flexibility index (Phi) is 3.41. The first-order valence-corrected chi connectivity index (χ1v) is 7.35. The molecule has 0 aliphatic heterocycles. The van der Waals surface area contributed by atoms with Crippen molar-refractivity contribution in [3.05, 3.63) is 39.9 Å². The monoisotopic (exact) mass is 320 g/mol. The molecule has 1 saturated carbocycles. The molecule has 5 heteroatoms. The van der Waals surface area contributed by atoms with Crippen LogP contribution in [-0.2, 0) is 6.54 Å². The molecule has 0 bridgehead atoms. The molecule has 0 radical (unpaired) electrons. The van der Waals surface area contributed by atoms with Gasteiger partial charge in [0.1, 0.15) is 11.6 Å². The van der Waals surface area contributed by atoms with E-state index in [1.54, 1.807) is 0 Å². The van der Waals surface area contributed by atoms with Gasteiger partial charge in [-0.1, -0.05) is 22.0 Å². The van der Waals surface area contributed by atoms with Crippen molar-refractivity contribution in [1.29, 1.82) is 0 Å². The minimum Gasteiger partial charge on any atom is -0.310 e. The van der Waals surface area contributed by atoms with E-state index in [0.717, 1.165) is 28.4 Å². The van der Waals surface area contributed by atoms with Crippen molar-refractivity contribution < 1.29 is 0 Å². The summed E-state index contributed by atoms with van der Waals surface area (Å²) in [6, 6.07) is 7.03. The summed E-state index contributed by atoms with van der Waals surface area (Å²) in [5.41, 5.74) is 2.35. The van der Waals surface area contributed by atoms with Crippen LogP contribution in [0.15, 0.2) is 22.7 Å². The highest BCUT2D eigenvalue weighted by atomic mass is 79.9. The van der Waals surface area contributed by atoms with Crippen molar-refractivity contribution in [3.8, 4) is 5.69 Å². The molecule has 0 amide bonds. The molecule has 0 saturated heterocycles. The number of rotatable bonds is 4. The van der Waals surface area contributed by atoms with Crippen LogP contribution in [-0.4, -0.2) is 20.8 Å². The van der Waals surface area contributed by atoms with Gasteiger partial charge in [0.15, 0.2) is 0 Å². The molecule has 100 valence electrons. The van der Waals surface area contributed by atoms with Gasteiger partial charge in [0, 0.05) is 17.1 Å². The number of aryl methyl sites for hydroxylation is 2. The topological polar surface area (TPSA) is 42.7 Å². The summed E-state index contributed by atoms with van der Waals surface area (Å²) in [7, 11) is 0. The van der Waals surface area contributed by atoms with Crippen LogP contribution in [0.4, 0.5) is 0 Å². The number of nitrogens with one attached hydrogen (secondary N) is 1.